The third-order valence-corrected chi connectivity index (χ3v) is 9.95. The van der Waals surface area contributed by atoms with E-state index < -0.39 is 0 Å². The zero-order valence-corrected chi connectivity index (χ0v) is 31.1. The molecule has 6 aromatic rings. The summed E-state index contributed by atoms with van der Waals surface area (Å²) in [6, 6.07) is 10.7. The maximum absolute atomic E-state index is 11.7. The van der Waals surface area contributed by atoms with Crippen LogP contribution in [-0.4, -0.2) is 57.9 Å². The van der Waals surface area contributed by atoms with Crippen molar-refractivity contribution < 1.29 is 4.79 Å². The Hall–Kier alpha value is -3.54. The second-order valence-corrected chi connectivity index (χ2v) is 14.1. The summed E-state index contributed by atoms with van der Waals surface area (Å²) in [5.41, 5.74) is 6.28. The number of carbonyl (C=O) groups is 1. The lowest BCUT2D eigenvalue weighted by Gasteiger charge is -2.33. The second kappa shape index (κ2) is 14.4. The number of halogens is 5. The van der Waals surface area contributed by atoms with Crippen LogP contribution in [-0.2, 0) is 4.79 Å². The van der Waals surface area contributed by atoms with Gasteiger partial charge in [-0.3, -0.25) is 4.79 Å². The number of nitrogens with zero attached hydrogens (tertiary/aromatic N) is 9. The monoisotopic (exact) mass is 757 g/mol. The average Bonchev–Trinajstić information content (AvgIpc) is 3.56. The predicted molar refractivity (Wildman–Crippen MR) is 197 cm³/mol. The van der Waals surface area contributed by atoms with Gasteiger partial charge in [-0.1, -0.05) is 70.1 Å². The van der Waals surface area contributed by atoms with Crippen LogP contribution in [0.5, 0.6) is 0 Å². The van der Waals surface area contributed by atoms with E-state index in [1.54, 1.807) is 29.1 Å². The average molecular weight is 760 g/mol. The van der Waals surface area contributed by atoms with Crippen molar-refractivity contribution in [2.24, 2.45) is 0 Å². The molecule has 1 aliphatic rings. The summed E-state index contributed by atoms with van der Waals surface area (Å²) in [5, 5.41) is 11.9. The van der Waals surface area contributed by atoms with E-state index in [0.29, 0.717) is 61.7 Å². The van der Waals surface area contributed by atoms with Gasteiger partial charge in [0, 0.05) is 45.5 Å². The van der Waals surface area contributed by atoms with Crippen LogP contribution < -0.4 is 4.90 Å². The van der Waals surface area contributed by atoms with Gasteiger partial charge >= 0.3 is 0 Å². The molecular weight excluding hydrogens is 728 g/mol. The molecule has 1 aliphatic heterocycles. The first kappa shape index (κ1) is 35.3. The number of hydrogen-bond acceptors (Lipinski definition) is 8. The molecule has 0 spiro atoms. The molecule has 254 valence electrons. The molecule has 49 heavy (non-hydrogen) atoms. The van der Waals surface area contributed by atoms with E-state index in [1.165, 1.54) is 6.20 Å². The Morgan fingerprint density at radius 2 is 1.27 bits per heavy atom. The molecule has 0 aliphatic carbocycles. The Bertz CT molecular complexity index is 2200. The van der Waals surface area contributed by atoms with E-state index in [0.717, 1.165) is 39.4 Å². The van der Waals surface area contributed by atoms with E-state index in [1.807, 2.05) is 57.5 Å². The van der Waals surface area contributed by atoms with Crippen molar-refractivity contribution in [2.45, 2.75) is 65.6 Å². The fourth-order valence-corrected chi connectivity index (χ4v) is 7.30. The number of carbonyl (C=O) groups excluding carboxylic acids is 1. The van der Waals surface area contributed by atoms with Crippen LogP contribution in [0.2, 0.25) is 25.2 Å². The summed E-state index contributed by atoms with van der Waals surface area (Å²) in [7, 11) is 0. The Balaban J connectivity index is 0.000000177. The highest BCUT2D eigenvalue weighted by Crippen LogP contribution is 2.33. The highest BCUT2D eigenvalue weighted by molar-refractivity contribution is 6.35. The molecule has 15 heteroatoms. The normalized spacial score (nSPS) is 16.2. The van der Waals surface area contributed by atoms with Gasteiger partial charge in [0.2, 0.25) is 0 Å². The minimum atomic E-state index is -0.133. The standard InChI is InChI=1S/C20H21Cl2N5O.C14H11Cl3N4/c1-11-8-15(28)6-7-26(11)18-10-23-19-12(2)25-27(20(19)24-18)13(3)16-5-4-14(21)9-17(16)22;1-7-13-14(19-12(17)6-18-13)21(20-7)8(2)10-4-3-9(15)5-11(10)16/h4-5,9-11,13H,6-8H2,1-3H3;3-6,8H,1-2H3/t11-,13+;8-/m01/s1. The van der Waals surface area contributed by atoms with Crippen molar-refractivity contribution in [3.05, 3.63) is 96.6 Å². The Morgan fingerprint density at radius 1 is 0.755 bits per heavy atom. The first-order chi connectivity index (χ1) is 23.3. The van der Waals surface area contributed by atoms with Crippen molar-refractivity contribution in [3.8, 4) is 0 Å². The topological polar surface area (TPSA) is 108 Å². The molecule has 0 N–H and O–H groups in total. The molecule has 0 radical (unpaired) electrons. The first-order valence-electron chi connectivity index (χ1n) is 15.6. The summed E-state index contributed by atoms with van der Waals surface area (Å²) in [6.45, 7) is 10.5. The highest BCUT2D eigenvalue weighted by atomic mass is 35.5. The summed E-state index contributed by atoms with van der Waals surface area (Å²) in [6.07, 6.45) is 4.37. The molecule has 0 saturated carbocycles. The van der Waals surface area contributed by atoms with E-state index in [4.69, 9.17) is 63.0 Å². The molecule has 4 aromatic heterocycles. The lowest BCUT2D eigenvalue weighted by atomic mass is 10.0. The van der Waals surface area contributed by atoms with Crippen LogP contribution in [0.1, 0.15) is 68.2 Å². The van der Waals surface area contributed by atoms with E-state index in [9.17, 15) is 4.79 Å². The summed E-state index contributed by atoms with van der Waals surface area (Å²) >= 11 is 30.6. The van der Waals surface area contributed by atoms with Gasteiger partial charge in [-0.25, -0.2) is 29.3 Å². The number of piperidine rings is 1. The lowest BCUT2D eigenvalue weighted by Crippen LogP contribution is -2.41. The number of benzene rings is 2. The number of aryl methyl sites for hydroxylation is 2. The van der Waals surface area contributed by atoms with Crippen LogP contribution in [0.4, 0.5) is 5.82 Å². The number of rotatable bonds is 5. The number of ketones is 1. The third kappa shape index (κ3) is 7.21. The van der Waals surface area contributed by atoms with Crippen molar-refractivity contribution >= 4 is 91.9 Å². The van der Waals surface area contributed by atoms with Gasteiger partial charge < -0.3 is 4.90 Å². The molecule has 3 atom stereocenters. The summed E-state index contributed by atoms with van der Waals surface area (Å²) in [4.78, 5) is 32.0. The predicted octanol–water partition coefficient (Wildman–Crippen LogP) is 9.31. The molecule has 1 fully saturated rings. The van der Waals surface area contributed by atoms with Gasteiger partial charge in [0.25, 0.3) is 0 Å². The summed E-state index contributed by atoms with van der Waals surface area (Å²) < 4.78 is 3.63. The Kier molecular flexibility index (Phi) is 10.3. The zero-order chi connectivity index (χ0) is 35.1. The number of aromatic nitrogens is 8. The quantitative estimate of drug-likeness (QED) is 0.171. The Labute approximate surface area is 308 Å². The number of anilines is 1. The minimum absolute atomic E-state index is 0.105. The highest BCUT2D eigenvalue weighted by Gasteiger charge is 2.27. The molecule has 2 aromatic carbocycles. The van der Waals surface area contributed by atoms with Crippen molar-refractivity contribution in [1.82, 2.24) is 39.5 Å². The molecule has 0 bridgehead atoms. The van der Waals surface area contributed by atoms with Crippen LogP contribution in [0.15, 0.2) is 48.8 Å². The first-order valence-corrected chi connectivity index (χ1v) is 17.5. The maximum Gasteiger partial charge on any atom is 0.179 e. The van der Waals surface area contributed by atoms with Gasteiger partial charge in [-0.2, -0.15) is 10.2 Å². The third-order valence-electron chi connectivity index (χ3n) is 8.64. The van der Waals surface area contributed by atoms with Crippen molar-refractivity contribution in [3.63, 3.8) is 0 Å². The van der Waals surface area contributed by atoms with Crippen LogP contribution in [0.25, 0.3) is 22.3 Å². The molecule has 5 heterocycles. The van der Waals surface area contributed by atoms with Crippen LogP contribution in [0.3, 0.4) is 0 Å². The fourth-order valence-electron chi connectivity index (χ4n) is 6.04. The minimum Gasteiger partial charge on any atom is -0.352 e. The number of fused-ring (bicyclic) bond motifs is 2. The molecule has 0 amide bonds. The molecule has 7 rings (SSSR count). The fraction of sp³-hybridized carbons (Fsp3) is 0.324. The van der Waals surface area contributed by atoms with Crippen LogP contribution >= 0.6 is 58.0 Å². The van der Waals surface area contributed by atoms with E-state index in [-0.39, 0.29) is 18.1 Å². The molecule has 10 nitrogen and oxygen atoms in total. The molecular formula is C34H32Cl5N9O. The SMILES string of the molecule is Cc1nn([C@H](C)c2ccc(Cl)cc2Cl)c2nc(Cl)cnc12.Cc1nn([C@H](C)c2ccc(Cl)cc2Cl)c2nc(N3CCC(=O)C[C@@H]3C)cnc12. The smallest absolute Gasteiger partial charge is 0.179 e. The Morgan fingerprint density at radius 3 is 1.78 bits per heavy atom. The number of hydrogen-bond donors (Lipinski definition) is 0. The van der Waals surface area contributed by atoms with Crippen LogP contribution in [0, 0.1) is 13.8 Å². The zero-order valence-electron chi connectivity index (χ0n) is 27.3. The van der Waals surface area contributed by atoms with Gasteiger partial charge in [-0.05, 0) is 70.0 Å². The van der Waals surface area contributed by atoms with E-state index in [2.05, 4.69) is 30.0 Å². The van der Waals surface area contributed by atoms with E-state index >= 15 is 0 Å². The molecule has 0 unspecified atom stereocenters. The summed E-state index contributed by atoms with van der Waals surface area (Å²) in [5.74, 6) is 1.06. The largest absolute Gasteiger partial charge is 0.352 e. The van der Waals surface area contributed by atoms with Gasteiger partial charge in [0.05, 0.1) is 35.9 Å². The van der Waals surface area contributed by atoms with Crippen molar-refractivity contribution in [1.29, 1.82) is 0 Å². The van der Waals surface area contributed by atoms with Gasteiger partial charge in [-0.15, -0.1) is 0 Å². The van der Waals surface area contributed by atoms with Crippen molar-refractivity contribution in [2.75, 3.05) is 11.4 Å². The molecule has 1 saturated heterocycles. The maximum atomic E-state index is 11.7. The second-order valence-electron chi connectivity index (χ2n) is 12.0. The number of Topliss-reactive ketones (excluding diaryl/α,β-unsaturated/α-hetero) is 1. The lowest BCUT2D eigenvalue weighted by molar-refractivity contribution is -0.120. The van der Waals surface area contributed by atoms with Gasteiger partial charge in [0.15, 0.2) is 11.3 Å². The van der Waals surface area contributed by atoms with Gasteiger partial charge in [0.1, 0.15) is 27.8 Å².